The van der Waals surface area contributed by atoms with E-state index in [4.69, 9.17) is 3.25 Å². The molecular formula is H2BaOTaY. The first kappa shape index (κ1) is 15.7. The van der Waals surface area contributed by atoms with E-state index < -0.39 is 0 Å². The van der Waals surface area contributed by atoms with Crippen LogP contribution in [0.15, 0.2) is 0 Å². The fraction of sp³-hybridized carbons (Fsp3) is 0. The van der Waals surface area contributed by atoms with Crippen LogP contribution in [0.25, 0.3) is 0 Å². The van der Waals surface area contributed by atoms with Crippen LogP contribution in [0.4, 0.5) is 0 Å². The van der Waals surface area contributed by atoms with Gasteiger partial charge >= 0.3 is 73.2 Å². The van der Waals surface area contributed by atoms with Gasteiger partial charge in [-0.05, 0) is 0 Å². The van der Waals surface area contributed by atoms with Crippen molar-refractivity contribution in [1.29, 1.82) is 0 Å². The summed E-state index contributed by atoms with van der Waals surface area (Å²) in [5, 5.41) is 0. The van der Waals surface area contributed by atoms with Crippen LogP contribution in [-0.2, 0) is 57.0 Å². The van der Waals surface area contributed by atoms with Crippen LogP contribution in [0.1, 0.15) is 0 Å². The summed E-state index contributed by atoms with van der Waals surface area (Å²) in [7, 11) is 0. The first-order valence-electron chi connectivity index (χ1n) is 0.183. The Balaban J connectivity index is -0.00000000500. The van der Waals surface area contributed by atoms with Gasteiger partial charge in [-0.3, -0.25) is 0 Å². The van der Waals surface area contributed by atoms with Gasteiger partial charge in [-0.1, -0.05) is 0 Å². The van der Waals surface area contributed by atoms with Crippen molar-refractivity contribution in [3.05, 3.63) is 0 Å². The van der Waals surface area contributed by atoms with Gasteiger partial charge in [0.25, 0.3) is 0 Å². The monoisotopic (exact) mass is 426 g/mol. The zero-order valence-corrected chi connectivity index (χ0v) is 7.48. The third-order valence-corrected chi connectivity index (χ3v) is 0. The Bertz CT molecular complexity index is 8.00. The Labute approximate surface area is 103 Å². The van der Waals surface area contributed by atoms with E-state index in [0.29, 0.717) is 0 Å². The molecule has 0 fully saturated rings. The molecule has 0 amide bonds. The van der Waals surface area contributed by atoms with Crippen molar-refractivity contribution in [2.24, 2.45) is 0 Å². The van der Waals surface area contributed by atoms with Gasteiger partial charge in [0.1, 0.15) is 0 Å². The topological polar surface area (TPSA) is 17.1 Å². The fourth-order valence-corrected chi connectivity index (χ4v) is 0. The molecule has 0 rings (SSSR count). The van der Waals surface area contributed by atoms with E-state index in [9.17, 15) is 0 Å². The molecule has 0 bridgehead atoms. The molecule has 0 aliphatic carbocycles. The van der Waals surface area contributed by atoms with Crippen LogP contribution in [0.2, 0.25) is 0 Å². The maximum Gasteiger partial charge on any atom is 0 e. The van der Waals surface area contributed by atoms with Gasteiger partial charge in [-0.15, -0.1) is 0 Å². The molecule has 0 aromatic carbocycles. The molecule has 0 saturated carbocycles. The molecular weight excluding hydrogens is 423 g/mol. The zero-order valence-electron chi connectivity index (χ0n) is 1.43. The maximum atomic E-state index is 8.36. The van der Waals surface area contributed by atoms with Gasteiger partial charge in [0.05, 0.1) is 0 Å². The predicted octanol–water partition coefficient (Wildman–Crippen LogP) is -1.04. The molecule has 0 aromatic rings. The average molecular weight is 425 g/mol. The van der Waals surface area contributed by atoms with Crippen LogP contribution >= 0.6 is 0 Å². The molecule has 0 aliphatic rings. The summed E-state index contributed by atoms with van der Waals surface area (Å²) in [6.07, 6.45) is 0. The second-order valence-corrected chi connectivity index (χ2v) is 0. The van der Waals surface area contributed by atoms with E-state index >= 15 is 0 Å². The molecule has 18 valence electrons. The number of hydrogen-bond donors (Lipinski definition) is 0. The van der Waals surface area contributed by atoms with Crippen LogP contribution in [-0.4, -0.2) is 48.9 Å². The minimum Gasteiger partial charge on any atom is 0 e. The van der Waals surface area contributed by atoms with E-state index in [1.165, 1.54) is 0 Å². The summed E-state index contributed by atoms with van der Waals surface area (Å²) < 4.78 is 8.36. The van der Waals surface area contributed by atoms with Crippen molar-refractivity contribution < 1.29 is 57.0 Å². The van der Waals surface area contributed by atoms with Gasteiger partial charge in [-0.25, -0.2) is 0 Å². The van der Waals surface area contributed by atoms with Crippen molar-refractivity contribution in [2.45, 2.75) is 0 Å². The van der Waals surface area contributed by atoms with E-state index in [1.54, 1.807) is 0 Å². The summed E-state index contributed by atoms with van der Waals surface area (Å²) in [4.78, 5) is 0. The maximum absolute atomic E-state index is 8.36. The van der Waals surface area contributed by atoms with Crippen molar-refractivity contribution in [2.75, 3.05) is 0 Å². The average Bonchev–Trinajstić information content (AvgIpc) is 1.00. The number of hydrogen-bond acceptors (Lipinski definition) is 1. The SMILES string of the molecule is [BaH2].[O]=[Ta].[Y]. The van der Waals surface area contributed by atoms with Gasteiger partial charge in [0, 0.05) is 32.7 Å². The van der Waals surface area contributed by atoms with E-state index in [2.05, 4.69) is 0 Å². The Morgan fingerprint density at radius 1 is 1.25 bits per heavy atom. The molecule has 4 heteroatoms. The van der Waals surface area contributed by atoms with E-state index in [-0.39, 0.29) is 103 Å². The second-order valence-electron chi connectivity index (χ2n) is 0. The van der Waals surface area contributed by atoms with E-state index in [1.807, 2.05) is 0 Å². The fourth-order valence-electron chi connectivity index (χ4n) is 0. The Hall–Kier alpha value is 3.22. The van der Waals surface area contributed by atoms with Crippen molar-refractivity contribution in [3.63, 3.8) is 0 Å². The van der Waals surface area contributed by atoms with Crippen LogP contribution in [0.3, 0.4) is 0 Å². The number of rotatable bonds is 0. The third kappa shape index (κ3) is 8.96. The molecule has 0 heterocycles. The smallest absolute Gasteiger partial charge is 0 e. The van der Waals surface area contributed by atoms with Crippen LogP contribution < -0.4 is 0 Å². The van der Waals surface area contributed by atoms with Gasteiger partial charge in [-0.2, -0.15) is 0 Å². The van der Waals surface area contributed by atoms with Crippen LogP contribution in [0.5, 0.6) is 0 Å². The molecule has 1 radical (unpaired) electrons. The summed E-state index contributed by atoms with van der Waals surface area (Å²) in [5.41, 5.74) is 0. The molecule has 1 nitrogen and oxygen atoms in total. The predicted molar refractivity (Wildman–Crippen MR) is 9.23 cm³/mol. The zero-order chi connectivity index (χ0) is 2.00. The quantitative estimate of drug-likeness (QED) is 0.454. The normalized spacial score (nSPS) is 0.750. The van der Waals surface area contributed by atoms with Gasteiger partial charge in [0.15, 0.2) is 0 Å². The molecule has 0 N–H and O–H groups in total. The third-order valence-electron chi connectivity index (χ3n) is 0. The summed E-state index contributed by atoms with van der Waals surface area (Å²) >= 11 is 0.194. The minimum absolute atomic E-state index is 0. The molecule has 4 heavy (non-hydrogen) atoms. The Morgan fingerprint density at radius 2 is 1.25 bits per heavy atom. The minimum atomic E-state index is 0. The van der Waals surface area contributed by atoms with Crippen molar-refractivity contribution in [3.8, 4) is 0 Å². The molecule has 0 aliphatic heterocycles. The summed E-state index contributed by atoms with van der Waals surface area (Å²) in [6.45, 7) is 0. The molecule has 0 unspecified atom stereocenters. The molecule has 0 aromatic heterocycles. The van der Waals surface area contributed by atoms with Crippen LogP contribution in [0, 0.1) is 0 Å². The molecule has 0 atom stereocenters. The van der Waals surface area contributed by atoms with Crippen molar-refractivity contribution in [1.82, 2.24) is 0 Å². The van der Waals surface area contributed by atoms with Crippen molar-refractivity contribution >= 4 is 48.9 Å². The molecule has 0 saturated heterocycles. The Kier molecular flexibility index (Phi) is 64.1. The standard InChI is InChI=1S/Ba.O.Ta.Y.2H. The van der Waals surface area contributed by atoms with Gasteiger partial charge < -0.3 is 0 Å². The first-order valence-corrected chi connectivity index (χ1v) is 1.49. The largest absolute Gasteiger partial charge is 0 e. The summed E-state index contributed by atoms with van der Waals surface area (Å²) in [5.74, 6) is 0. The second kappa shape index (κ2) is 16.4. The Morgan fingerprint density at radius 3 is 1.25 bits per heavy atom. The summed E-state index contributed by atoms with van der Waals surface area (Å²) in [6, 6.07) is 0. The van der Waals surface area contributed by atoms with Gasteiger partial charge in [0.2, 0.25) is 0 Å². The molecule has 0 spiro atoms. The first-order chi connectivity index (χ1) is 1.00. The van der Waals surface area contributed by atoms with E-state index in [0.717, 1.165) is 0 Å².